The lowest BCUT2D eigenvalue weighted by Gasteiger charge is -2.30. The number of allylic oxidation sites excluding steroid dienone is 1. The van der Waals surface area contributed by atoms with Crippen LogP contribution >= 0.6 is 0 Å². The minimum Gasteiger partial charge on any atom is -0.493 e. The van der Waals surface area contributed by atoms with Gasteiger partial charge in [-0.1, -0.05) is 48.5 Å². The molecule has 0 saturated heterocycles. The number of aliphatic imine (C=N–C) groups is 1. The molecule has 5 rings (SSSR count). The van der Waals surface area contributed by atoms with E-state index in [1.165, 1.54) is 6.92 Å². The van der Waals surface area contributed by atoms with Crippen molar-refractivity contribution < 1.29 is 19.0 Å². The topological polar surface area (TPSA) is 69.2 Å². The quantitative estimate of drug-likeness (QED) is 0.275. The van der Waals surface area contributed by atoms with Gasteiger partial charge in [-0.2, -0.15) is 0 Å². The Hall–Kier alpha value is -4.84. The van der Waals surface area contributed by atoms with E-state index in [4.69, 9.17) is 19.2 Å². The van der Waals surface area contributed by atoms with Crippen LogP contribution in [0.4, 0.5) is 11.4 Å². The lowest BCUT2D eigenvalue weighted by molar-refractivity contribution is -0.114. The molecule has 38 heavy (non-hydrogen) atoms. The highest BCUT2D eigenvalue weighted by Gasteiger charge is 2.31. The van der Waals surface area contributed by atoms with Crippen LogP contribution in [-0.4, -0.2) is 26.3 Å². The molecular formula is C32H28N2O4. The molecule has 1 N–H and O–H groups in total. The lowest BCUT2D eigenvalue weighted by Crippen LogP contribution is -2.17. The molecule has 1 aliphatic heterocycles. The average molecular weight is 505 g/mol. The molecule has 0 fully saturated rings. The Kier molecular flexibility index (Phi) is 7.22. The van der Waals surface area contributed by atoms with E-state index in [9.17, 15) is 4.79 Å². The monoisotopic (exact) mass is 504 g/mol. The van der Waals surface area contributed by atoms with Gasteiger partial charge in [-0.25, -0.2) is 0 Å². The molecule has 0 saturated carbocycles. The Morgan fingerprint density at radius 3 is 2.29 bits per heavy atom. The van der Waals surface area contributed by atoms with E-state index in [1.54, 1.807) is 14.2 Å². The normalized spacial score (nSPS) is 14.6. The number of nitrogens with zero attached hydrogens (tertiary/aromatic N) is 1. The summed E-state index contributed by atoms with van der Waals surface area (Å²) in [4.78, 5) is 16.2. The first-order valence-corrected chi connectivity index (χ1v) is 12.3. The lowest BCUT2D eigenvalue weighted by atomic mass is 9.81. The molecule has 0 radical (unpaired) electrons. The third kappa shape index (κ3) is 5.15. The Balaban J connectivity index is 1.67. The van der Waals surface area contributed by atoms with Gasteiger partial charge >= 0.3 is 0 Å². The second kappa shape index (κ2) is 11.0. The summed E-state index contributed by atoms with van der Waals surface area (Å²) >= 11 is 0. The highest BCUT2D eigenvalue weighted by molar-refractivity contribution is 5.95. The van der Waals surface area contributed by atoms with Crippen LogP contribution in [0, 0.1) is 0 Å². The summed E-state index contributed by atoms with van der Waals surface area (Å²) < 4.78 is 17.6. The number of rotatable bonds is 7. The van der Waals surface area contributed by atoms with Gasteiger partial charge in [0.05, 0.1) is 19.9 Å². The fraction of sp³-hybridized carbons (Fsp3) is 0.125. The molecule has 190 valence electrons. The minimum atomic E-state index is -0.116. The second-order valence-electron chi connectivity index (χ2n) is 8.82. The summed E-state index contributed by atoms with van der Waals surface area (Å²) in [6.45, 7) is 1.48. The molecule has 6 heteroatoms. The van der Waals surface area contributed by atoms with Crippen LogP contribution in [0.2, 0.25) is 0 Å². The number of para-hydroxylation sites is 1. The van der Waals surface area contributed by atoms with Gasteiger partial charge in [0, 0.05) is 41.4 Å². The van der Waals surface area contributed by atoms with Crippen molar-refractivity contribution in [3.63, 3.8) is 0 Å². The number of methoxy groups -OCH3 is 2. The maximum atomic E-state index is 11.4. The molecule has 4 aromatic carbocycles. The van der Waals surface area contributed by atoms with Crippen LogP contribution in [0.25, 0.3) is 5.76 Å². The number of nitrogens with one attached hydrogen (secondary N) is 1. The molecule has 0 aliphatic carbocycles. The summed E-state index contributed by atoms with van der Waals surface area (Å²) in [5.74, 6) is 2.52. The number of benzene rings is 4. The van der Waals surface area contributed by atoms with E-state index in [-0.39, 0.29) is 11.8 Å². The van der Waals surface area contributed by atoms with Gasteiger partial charge in [0.15, 0.2) is 11.5 Å². The molecule has 0 bridgehead atoms. The Bertz CT molecular complexity index is 1510. The summed E-state index contributed by atoms with van der Waals surface area (Å²) in [5, 5.41) is 2.78. The number of hydrogen-bond acceptors (Lipinski definition) is 5. The summed E-state index contributed by atoms with van der Waals surface area (Å²) in [5.41, 5.74) is 5.42. The smallest absolute Gasteiger partial charge is 0.221 e. The summed E-state index contributed by atoms with van der Waals surface area (Å²) in [6.07, 6.45) is 1.87. The average Bonchev–Trinajstić information content (AvgIpc) is 2.96. The minimum absolute atomic E-state index is 0.105. The number of fused-ring (bicyclic) bond motifs is 1. The van der Waals surface area contributed by atoms with Crippen molar-refractivity contribution in [2.24, 2.45) is 4.99 Å². The number of carbonyl (C=O) groups excluding carboxylic acids is 1. The highest BCUT2D eigenvalue weighted by Crippen LogP contribution is 2.46. The van der Waals surface area contributed by atoms with Crippen molar-refractivity contribution in [2.45, 2.75) is 12.8 Å². The van der Waals surface area contributed by atoms with Crippen LogP contribution in [0.5, 0.6) is 17.2 Å². The molecule has 1 amide bonds. The number of carbonyl (C=O) groups is 1. The Morgan fingerprint density at radius 1 is 0.868 bits per heavy atom. The van der Waals surface area contributed by atoms with Crippen molar-refractivity contribution in [3.05, 3.63) is 119 Å². The van der Waals surface area contributed by atoms with Crippen molar-refractivity contribution in [1.29, 1.82) is 0 Å². The molecule has 0 spiro atoms. The molecule has 1 unspecified atom stereocenters. The number of ether oxygens (including phenoxy) is 3. The van der Waals surface area contributed by atoms with Gasteiger partial charge in [-0.3, -0.25) is 9.79 Å². The molecule has 4 aromatic rings. The fourth-order valence-corrected chi connectivity index (χ4v) is 4.60. The van der Waals surface area contributed by atoms with Crippen molar-refractivity contribution in [1.82, 2.24) is 0 Å². The number of anilines is 1. The predicted molar refractivity (Wildman–Crippen MR) is 151 cm³/mol. The summed E-state index contributed by atoms with van der Waals surface area (Å²) in [6, 6.07) is 31.6. The number of amides is 1. The van der Waals surface area contributed by atoms with Crippen molar-refractivity contribution in [3.8, 4) is 17.2 Å². The van der Waals surface area contributed by atoms with Crippen LogP contribution in [0.15, 0.2) is 108 Å². The maximum absolute atomic E-state index is 11.4. The van der Waals surface area contributed by atoms with E-state index < -0.39 is 0 Å². The molecule has 0 aromatic heterocycles. The zero-order chi connectivity index (χ0) is 26.5. The first kappa shape index (κ1) is 24.8. The first-order chi connectivity index (χ1) is 18.6. The standard InChI is InChI=1S/C32H28N2O4/c1-21(35)34-25-16-14-24(15-17-25)33-20-27-31(22-9-5-4-6-10-22)26-11-7-8-12-28(26)38-32(27)23-13-18-29(36-2)30(19-23)37-3/h4-20,31H,1-3H3,(H,34,35). The van der Waals surface area contributed by atoms with E-state index in [1.807, 2.05) is 85.1 Å². The SMILES string of the molecule is COc1ccc(C2=C(C=Nc3ccc(NC(C)=O)cc3)C(c3ccccc3)c3ccccc3O2)cc1OC. The fourth-order valence-electron chi connectivity index (χ4n) is 4.60. The van der Waals surface area contributed by atoms with E-state index >= 15 is 0 Å². The third-order valence-corrected chi connectivity index (χ3v) is 6.33. The van der Waals surface area contributed by atoms with Gasteiger partial charge in [0.25, 0.3) is 0 Å². The van der Waals surface area contributed by atoms with Gasteiger partial charge < -0.3 is 19.5 Å². The van der Waals surface area contributed by atoms with E-state index in [0.29, 0.717) is 17.3 Å². The van der Waals surface area contributed by atoms with E-state index in [0.717, 1.165) is 39.4 Å². The van der Waals surface area contributed by atoms with Gasteiger partial charge in [0.1, 0.15) is 11.5 Å². The van der Waals surface area contributed by atoms with E-state index in [2.05, 4.69) is 23.5 Å². The molecule has 1 heterocycles. The number of hydrogen-bond donors (Lipinski definition) is 1. The molecule has 1 aliphatic rings. The van der Waals surface area contributed by atoms with Crippen molar-refractivity contribution in [2.75, 3.05) is 19.5 Å². The largest absolute Gasteiger partial charge is 0.493 e. The Morgan fingerprint density at radius 2 is 1.58 bits per heavy atom. The zero-order valence-corrected chi connectivity index (χ0v) is 21.5. The van der Waals surface area contributed by atoms with Crippen LogP contribution in [-0.2, 0) is 4.79 Å². The zero-order valence-electron chi connectivity index (χ0n) is 21.5. The second-order valence-corrected chi connectivity index (χ2v) is 8.82. The molecule has 1 atom stereocenters. The third-order valence-electron chi connectivity index (χ3n) is 6.33. The molecule has 6 nitrogen and oxygen atoms in total. The summed E-state index contributed by atoms with van der Waals surface area (Å²) in [7, 11) is 3.23. The van der Waals surface area contributed by atoms with Gasteiger partial charge in [0.2, 0.25) is 5.91 Å². The van der Waals surface area contributed by atoms with Gasteiger partial charge in [-0.05, 0) is 54.1 Å². The van der Waals surface area contributed by atoms with Crippen LogP contribution < -0.4 is 19.5 Å². The maximum Gasteiger partial charge on any atom is 0.221 e. The first-order valence-electron chi connectivity index (χ1n) is 12.3. The molecular weight excluding hydrogens is 476 g/mol. The van der Waals surface area contributed by atoms with Gasteiger partial charge in [-0.15, -0.1) is 0 Å². The predicted octanol–water partition coefficient (Wildman–Crippen LogP) is 7.00. The van der Waals surface area contributed by atoms with Crippen molar-refractivity contribution >= 4 is 29.3 Å². The Labute approximate surface area is 222 Å². The van der Waals surface area contributed by atoms with Crippen LogP contribution in [0.1, 0.15) is 29.5 Å². The highest BCUT2D eigenvalue weighted by atomic mass is 16.5. The van der Waals surface area contributed by atoms with Crippen LogP contribution in [0.3, 0.4) is 0 Å².